The lowest BCUT2D eigenvalue weighted by Crippen LogP contribution is -2.11. The van der Waals surface area contributed by atoms with Crippen molar-refractivity contribution in [3.8, 4) is 0 Å². The van der Waals surface area contributed by atoms with Crippen LogP contribution in [0.4, 0.5) is 0 Å². The van der Waals surface area contributed by atoms with Crippen molar-refractivity contribution in [2.45, 2.75) is 12.4 Å². The number of aliphatic hydroxyl groups is 1. The summed E-state index contributed by atoms with van der Waals surface area (Å²) in [4.78, 5) is 3.82. The summed E-state index contributed by atoms with van der Waals surface area (Å²) in [7, 11) is -4.44. The molecule has 0 aliphatic heterocycles. The van der Waals surface area contributed by atoms with Gasteiger partial charge in [-0.3, -0.25) is 9.54 Å². The van der Waals surface area contributed by atoms with Crippen molar-refractivity contribution in [3.05, 3.63) is 29.6 Å². The molecule has 2 N–H and O–H groups in total. The third-order valence-corrected chi connectivity index (χ3v) is 2.32. The standard InChI is InChI=1S/C7H9NO4S/c1-5-4-6(2-3-8-5)7(9)13(10,11)12/h2-4,7,9H,1H3,(H,10,11,12). The van der Waals surface area contributed by atoms with Crippen LogP contribution >= 0.6 is 0 Å². The Morgan fingerprint density at radius 2 is 2.15 bits per heavy atom. The maximum atomic E-state index is 10.5. The summed E-state index contributed by atoms with van der Waals surface area (Å²) in [5.74, 6) is 0. The van der Waals surface area contributed by atoms with Crippen LogP contribution in [0.3, 0.4) is 0 Å². The van der Waals surface area contributed by atoms with E-state index in [0.717, 1.165) is 0 Å². The van der Waals surface area contributed by atoms with E-state index in [4.69, 9.17) is 9.66 Å². The molecule has 72 valence electrons. The number of hydrogen-bond acceptors (Lipinski definition) is 4. The van der Waals surface area contributed by atoms with Crippen LogP contribution in [-0.2, 0) is 10.1 Å². The van der Waals surface area contributed by atoms with Crippen LogP contribution in [0.1, 0.15) is 16.7 Å². The zero-order chi connectivity index (χ0) is 10.1. The summed E-state index contributed by atoms with van der Waals surface area (Å²) in [5, 5.41) is 9.12. The van der Waals surface area contributed by atoms with Crippen LogP contribution in [0, 0.1) is 6.92 Å². The second-order valence-electron chi connectivity index (χ2n) is 2.60. The lowest BCUT2D eigenvalue weighted by Gasteiger charge is -2.06. The maximum absolute atomic E-state index is 10.5. The molecule has 1 unspecified atom stereocenters. The van der Waals surface area contributed by atoms with Crippen molar-refractivity contribution in [2.24, 2.45) is 0 Å². The Morgan fingerprint density at radius 1 is 1.54 bits per heavy atom. The molecule has 1 aromatic rings. The van der Waals surface area contributed by atoms with Gasteiger partial charge in [0.15, 0.2) is 0 Å². The SMILES string of the molecule is Cc1cc(C(O)S(=O)(=O)O)ccn1. The van der Waals surface area contributed by atoms with Crippen molar-refractivity contribution in [3.63, 3.8) is 0 Å². The van der Waals surface area contributed by atoms with Gasteiger partial charge in [-0.1, -0.05) is 0 Å². The summed E-state index contributed by atoms with van der Waals surface area (Å²) in [5.41, 5.74) is -1.22. The fourth-order valence-electron chi connectivity index (χ4n) is 0.893. The van der Waals surface area contributed by atoms with E-state index in [1.165, 1.54) is 18.3 Å². The Balaban J connectivity index is 3.10. The van der Waals surface area contributed by atoms with Gasteiger partial charge in [-0.2, -0.15) is 8.42 Å². The van der Waals surface area contributed by atoms with Gasteiger partial charge in [0.1, 0.15) is 0 Å². The number of pyridine rings is 1. The average Bonchev–Trinajstić information content (AvgIpc) is 2.01. The maximum Gasteiger partial charge on any atom is 0.296 e. The predicted molar refractivity (Wildman–Crippen MR) is 45.5 cm³/mol. The Kier molecular flexibility index (Phi) is 2.65. The van der Waals surface area contributed by atoms with Crippen molar-refractivity contribution >= 4 is 10.1 Å². The van der Waals surface area contributed by atoms with E-state index in [2.05, 4.69) is 4.98 Å². The van der Waals surface area contributed by atoms with Crippen molar-refractivity contribution < 1.29 is 18.1 Å². The minimum atomic E-state index is -4.44. The van der Waals surface area contributed by atoms with Crippen molar-refractivity contribution in [1.29, 1.82) is 0 Å². The molecule has 0 fully saturated rings. The molecule has 0 aliphatic rings. The molecule has 1 aromatic heterocycles. The Morgan fingerprint density at radius 3 is 2.62 bits per heavy atom. The van der Waals surface area contributed by atoms with E-state index >= 15 is 0 Å². The smallest absolute Gasteiger partial charge is 0.296 e. The Bertz CT molecular complexity index is 401. The van der Waals surface area contributed by atoms with Crippen LogP contribution in [-0.4, -0.2) is 23.1 Å². The molecule has 0 saturated heterocycles. The van der Waals surface area contributed by atoms with Gasteiger partial charge >= 0.3 is 0 Å². The van der Waals surface area contributed by atoms with Gasteiger partial charge in [-0.25, -0.2) is 0 Å². The molecule has 0 saturated carbocycles. The highest BCUT2D eigenvalue weighted by atomic mass is 32.2. The third-order valence-electron chi connectivity index (χ3n) is 1.49. The summed E-state index contributed by atoms with van der Waals surface area (Å²) in [6.07, 6.45) is 1.36. The molecule has 5 nitrogen and oxygen atoms in total. The highest BCUT2D eigenvalue weighted by Gasteiger charge is 2.21. The van der Waals surface area contributed by atoms with Crippen LogP contribution < -0.4 is 0 Å². The monoisotopic (exact) mass is 203 g/mol. The molecule has 13 heavy (non-hydrogen) atoms. The molecule has 0 amide bonds. The van der Waals surface area contributed by atoms with E-state index in [1.54, 1.807) is 6.92 Å². The first kappa shape index (κ1) is 10.1. The summed E-state index contributed by atoms with van der Waals surface area (Å²) < 4.78 is 29.6. The fourth-order valence-corrected chi connectivity index (χ4v) is 1.38. The predicted octanol–water partition coefficient (Wildman–Crippen LogP) is 0.269. The third kappa shape index (κ3) is 2.48. The molecule has 1 atom stereocenters. The van der Waals surface area contributed by atoms with Gasteiger partial charge in [0.25, 0.3) is 10.1 Å². The zero-order valence-electron chi connectivity index (χ0n) is 6.88. The van der Waals surface area contributed by atoms with Gasteiger partial charge in [0.2, 0.25) is 5.44 Å². The topological polar surface area (TPSA) is 87.5 Å². The van der Waals surface area contributed by atoms with Gasteiger partial charge < -0.3 is 5.11 Å². The Hall–Kier alpha value is -0.980. The number of aryl methyl sites for hydroxylation is 1. The molecule has 0 aromatic carbocycles. The number of aromatic nitrogens is 1. The van der Waals surface area contributed by atoms with Crippen LogP contribution in [0.2, 0.25) is 0 Å². The lowest BCUT2D eigenvalue weighted by atomic mass is 10.2. The number of rotatable bonds is 2. The van der Waals surface area contributed by atoms with Crippen LogP contribution in [0.5, 0.6) is 0 Å². The molecular weight excluding hydrogens is 194 g/mol. The average molecular weight is 203 g/mol. The van der Waals surface area contributed by atoms with E-state index in [-0.39, 0.29) is 5.56 Å². The molecule has 1 heterocycles. The largest absolute Gasteiger partial charge is 0.371 e. The molecule has 1 rings (SSSR count). The highest BCUT2D eigenvalue weighted by Crippen LogP contribution is 2.17. The first-order chi connectivity index (χ1) is 5.91. The summed E-state index contributed by atoms with van der Waals surface area (Å²) >= 11 is 0. The number of aliphatic hydroxyl groups excluding tert-OH is 1. The molecule has 0 spiro atoms. The van der Waals surface area contributed by atoms with Crippen molar-refractivity contribution in [2.75, 3.05) is 0 Å². The number of nitrogens with zero attached hydrogens (tertiary/aromatic N) is 1. The van der Waals surface area contributed by atoms with Gasteiger partial charge in [0.05, 0.1) is 0 Å². The first-order valence-electron chi connectivity index (χ1n) is 3.48. The molecule has 6 heteroatoms. The van der Waals surface area contributed by atoms with E-state index in [9.17, 15) is 8.42 Å². The van der Waals surface area contributed by atoms with Crippen LogP contribution in [0.25, 0.3) is 0 Å². The van der Waals surface area contributed by atoms with Crippen molar-refractivity contribution in [1.82, 2.24) is 4.98 Å². The Labute approximate surface area is 75.8 Å². The lowest BCUT2D eigenvalue weighted by molar-refractivity contribution is 0.238. The second kappa shape index (κ2) is 3.41. The first-order valence-corrected chi connectivity index (χ1v) is 4.98. The van der Waals surface area contributed by atoms with Gasteiger partial charge in [0, 0.05) is 17.5 Å². The summed E-state index contributed by atoms with van der Waals surface area (Å²) in [6.45, 7) is 1.65. The quantitative estimate of drug-likeness (QED) is 0.673. The normalized spacial score (nSPS) is 14.1. The van der Waals surface area contributed by atoms with E-state index in [0.29, 0.717) is 5.69 Å². The molecular formula is C7H9NO4S. The minimum absolute atomic E-state index is 0.106. The van der Waals surface area contributed by atoms with Crippen LogP contribution in [0.15, 0.2) is 18.3 Å². The number of hydrogen-bond donors (Lipinski definition) is 2. The zero-order valence-corrected chi connectivity index (χ0v) is 7.69. The second-order valence-corrected chi connectivity index (χ2v) is 4.07. The summed E-state index contributed by atoms with van der Waals surface area (Å²) in [6, 6.07) is 2.71. The van der Waals surface area contributed by atoms with E-state index in [1.807, 2.05) is 0 Å². The molecule has 0 aliphatic carbocycles. The minimum Gasteiger partial charge on any atom is -0.371 e. The van der Waals surface area contributed by atoms with E-state index < -0.39 is 15.6 Å². The highest BCUT2D eigenvalue weighted by molar-refractivity contribution is 7.85. The molecule has 0 radical (unpaired) electrons. The molecule has 0 bridgehead atoms. The fraction of sp³-hybridized carbons (Fsp3) is 0.286. The van der Waals surface area contributed by atoms with Gasteiger partial charge in [-0.05, 0) is 19.1 Å². The van der Waals surface area contributed by atoms with Gasteiger partial charge in [-0.15, -0.1) is 0 Å².